The molecule has 1 aromatic carbocycles. The van der Waals surface area contributed by atoms with Crippen molar-refractivity contribution in [1.29, 1.82) is 0 Å². The highest BCUT2D eigenvalue weighted by Gasteiger charge is 2.51. The lowest BCUT2D eigenvalue weighted by Crippen LogP contribution is -2.45. The number of aromatic nitrogens is 2. The van der Waals surface area contributed by atoms with Crippen LogP contribution in [-0.4, -0.2) is 38.0 Å². The molecule has 8 heteroatoms. The molecule has 3 aromatic rings. The number of rotatable bonds is 3. The van der Waals surface area contributed by atoms with E-state index in [-0.39, 0.29) is 22.3 Å². The molecule has 1 saturated heterocycles. The maximum atomic E-state index is 14.2. The van der Waals surface area contributed by atoms with E-state index in [4.69, 9.17) is 12.2 Å². The van der Waals surface area contributed by atoms with Gasteiger partial charge in [0.05, 0.1) is 11.3 Å². The van der Waals surface area contributed by atoms with Gasteiger partial charge >= 0.3 is 0 Å². The maximum Gasteiger partial charge on any atom is 0.263 e. The first kappa shape index (κ1) is 18.0. The van der Waals surface area contributed by atoms with Crippen molar-refractivity contribution in [3.05, 3.63) is 78.0 Å². The molecule has 0 spiro atoms. The Kier molecular flexibility index (Phi) is 4.27. The van der Waals surface area contributed by atoms with Crippen LogP contribution in [0.2, 0.25) is 0 Å². The van der Waals surface area contributed by atoms with E-state index in [1.54, 1.807) is 43.4 Å². The fraction of sp³-hybridized carbons (Fsp3) is 0.100. The van der Waals surface area contributed by atoms with E-state index >= 15 is 0 Å². The average Bonchev–Trinajstić information content (AvgIpc) is 2.94. The fourth-order valence-electron chi connectivity index (χ4n) is 3.30. The lowest BCUT2D eigenvalue weighted by molar-refractivity contribution is -0.129. The molecule has 6 nitrogen and oxygen atoms in total. The number of hydrogen-bond acceptors (Lipinski definition) is 5. The molecule has 1 unspecified atom stereocenters. The molecule has 0 saturated carbocycles. The van der Waals surface area contributed by atoms with Gasteiger partial charge in [0, 0.05) is 19.4 Å². The molecular formula is C20H15FN4O2S. The first-order valence-electron chi connectivity index (χ1n) is 8.40. The van der Waals surface area contributed by atoms with Gasteiger partial charge in [-0.1, -0.05) is 12.1 Å². The number of nitrogens with zero attached hydrogens (tertiary/aromatic N) is 3. The molecule has 1 fully saturated rings. The van der Waals surface area contributed by atoms with E-state index in [9.17, 15) is 14.3 Å². The van der Waals surface area contributed by atoms with Gasteiger partial charge in [0.1, 0.15) is 5.75 Å². The summed E-state index contributed by atoms with van der Waals surface area (Å²) in [7, 11) is 1.59. The van der Waals surface area contributed by atoms with Crippen LogP contribution < -0.4 is 5.32 Å². The molecule has 0 aliphatic carbocycles. The summed E-state index contributed by atoms with van der Waals surface area (Å²) < 4.78 is 14.2. The van der Waals surface area contributed by atoms with Crippen molar-refractivity contribution in [3.63, 3.8) is 0 Å². The number of nitrogens with one attached hydrogen (secondary N) is 1. The fourth-order valence-corrected chi connectivity index (χ4v) is 3.54. The van der Waals surface area contributed by atoms with Crippen molar-refractivity contribution in [1.82, 2.24) is 20.2 Å². The zero-order valence-corrected chi connectivity index (χ0v) is 15.6. The summed E-state index contributed by atoms with van der Waals surface area (Å²) in [6.45, 7) is 0. The number of hydrogen-bond donors (Lipinski definition) is 2. The predicted molar refractivity (Wildman–Crippen MR) is 105 cm³/mol. The van der Waals surface area contributed by atoms with Crippen LogP contribution in [0.25, 0.3) is 11.3 Å². The van der Waals surface area contributed by atoms with Gasteiger partial charge < -0.3 is 10.4 Å². The summed E-state index contributed by atoms with van der Waals surface area (Å²) in [6, 6.07) is 12.8. The van der Waals surface area contributed by atoms with Gasteiger partial charge in [0.2, 0.25) is 5.95 Å². The minimum absolute atomic E-state index is 0.0770. The Bertz CT molecular complexity index is 1090. The molecule has 2 aromatic heterocycles. The number of carbonyl (C=O) groups is 1. The van der Waals surface area contributed by atoms with Crippen LogP contribution in [-0.2, 0) is 10.3 Å². The van der Waals surface area contributed by atoms with Crippen molar-refractivity contribution < 1.29 is 14.3 Å². The van der Waals surface area contributed by atoms with Crippen molar-refractivity contribution in [2.75, 3.05) is 7.05 Å². The molecular weight excluding hydrogens is 379 g/mol. The Hall–Kier alpha value is -3.39. The number of likely N-dealkylation sites (N-methyl/N-ethyl adjacent to an activating group) is 1. The number of carbonyl (C=O) groups excluding carboxylic acids is 1. The normalized spacial score (nSPS) is 19.0. The summed E-state index contributed by atoms with van der Waals surface area (Å²) in [5, 5.41) is 13.0. The van der Waals surface area contributed by atoms with Gasteiger partial charge in [-0.2, -0.15) is 4.39 Å². The quantitative estimate of drug-likeness (QED) is 0.525. The molecule has 1 aliphatic heterocycles. The summed E-state index contributed by atoms with van der Waals surface area (Å²) >= 11 is 5.30. The van der Waals surface area contributed by atoms with Gasteiger partial charge in [-0.15, -0.1) is 0 Å². The summed E-state index contributed by atoms with van der Waals surface area (Å²) in [5.41, 5.74) is 0.396. The van der Waals surface area contributed by atoms with Crippen LogP contribution >= 0.6 is 12.2 Å². The molecule has 3 heterocycles. The molecule has 28 heavy (non-hydrogen) atoms. The number of aromatic hydroxyl groups is 1. The average molecular weight is 394 g/mol. The van der Waals surface area contributed by atoms with Crippen molar-refractivity contribution in [2.24, 2.45) is 0 Å². The molecule has 1 atom stereocenters. The van der Waals surface area contributed by atoms with E-state index in [0.717, 1.165) is 0 Å². The molecule has 1 amide bonds. The zero-order chi connectivity index (χ0) is 19.9. The zero-order valence-electron chi connectivity index (χ0n) is 14.8. The number of amides is 1. The number of phenolic OH excluding ortho intramolecular Hbond substituents is 1. The Morgan fingerprint density at radius 3 is 2.50 bits per heavy atom. The number of halogens is 1. The standard InChI is InChI=1S/C20H15FN4O2S/c1-25-18(27)20(24-19(25)28,12-4-6-14(26)7-5-12)13-8-10-22-16(11-13)15-3-2-9-23-17(15)21/h2-11,26H,1H3,(H,24,28). The van der Waals surface area contributed by atoms with E-state index in [1.807, 2.05) is 0 Å². The molecule has 1 aliphatic rings. The number of phenols is 1. The molecule has 2 N–H and O–H groups in total. The van der Waals surface area contributed by atoms with Gasteiger partial charge in [0.25, 0.3) is 5.91 Å². The van der Waals surface area contributed by atoms with Crippen LogP contribution in [0.5, 0.6) is 5.75 Å². The van der Waals surface area contributed by atoms with E-state index in [0.29, 0.717) is 16.8 Å². The molecule has 0 radical (unpaired) electrons. The van der Waals surface area contributed by atoms with Crippen LogP contribution in [0.15, 0.2) is 60.9 Å². The third-order valence-electron chi connectivity index (χ3n) is 4.75. The predicted octanol–water partition coefficient (Wildman–Crippen LogP) is 2.58. The third kappa shape index (κ3) is 2.69. The van der Waals surface area contributed by atoms with Crippen LogP contribution in [0.1, 0.15) is 11.1 Å². The smallest absolute Gasteiger partial charge is 0.263 e. The van der Waals surface area contributed by atoms with Gasteiger partial charge in [-0.05, 0) is 59.7 Å². The van der Waals surface area contributed by atoms with Crippen LogP contribution in [0.4, 0.5) is 4.39 Å². The Labute approximate surface area is 165 Å². The van der Waals surface area contributed by atoms with Gasteiger partial charge in [-0.3, -0.25) is 14.7 Å². The second-order valence-corrected chi connectivity index (χ2v) is 6.75. The largest absolute Gasteiger partial charge is 0.508 e. The third-order valence-corrected chi connectivity index (χ3v) is 5.13. The summed E-state index contributed by atoms with van der Waals surface area (Å²) in [5.74, 6) is -0.857. The molecule has 4 rings (SSSR count). The highest BCUT2D eigenvalue weighted by Crippen LogP contribution is 2.37. The lowest BCUT2D eigenvalue weighted by Gasteiger charge is -2.28. The number of pyridine rings is 2. The Morgan fingerprint density at radius 1 is 1.11 bits per heavy atom. The second kappa shape index (κ2) is 6.65. The first-order chi connectivity index (χ1) is 13.4. The maximum absolute atomic E-state index is 14.2. The van der Waals surface area contributed by atoms with Gasteiger partial charge in [0.15, 0.2) is 10.7 Å². The summed E-state index contributed by atoms with van der Waals surface area (Å²) in [4.78, 5) is 22.5. The van der Waals surface area contributed by atoms with Crippen molar-refractivity contribution in [3.8, 4) is 17.0 Å². The molecule has 140 valence electrons. The highest BCUT2D eigenvalue weighted by molar-refractivity contribution is 7.80. The molecule has 0 bridgehead atoms. The van der Waals surface area contributed by atoms with Gasteiger partial charge in [-0.25, -0.2) is 4.98 Å². The Morgan fingerprint density at radius 2 is 1.86 bits per heavy atom. The van der Waals surface area contributed by atoms with Crippen molar-refractivity contribution in [2.45, 2.75) is 5.54 Å². The SMILES string of the molecule is CN1C(=O)C(c2ccc(O)cc2)(c2ccnc(-c3cccnc3F)c2)NC1=S. The highest BCUT2D eigenvalue weighted by atomic mass is 32.1. The Balaban J connectivity index is 1.93. The van der Waals surface area contributed by atoms with Crippen LogP contribution in [0.3, 0.4) is 0 Å². The monoisotopic (exact) mass is 394 g/mol. The second-order valence-electron chi connectivity index (χ2n) is 6.36. The first-order valence-corrected chi connectivity index (χ1v) is 8.81. The van der Waals surface area contributed by atoms with E-state index in [1.165, 1.54) is 29.4 Å². The summed E-state index contributed by atoms with van der Waals surface area (Å²) in [6.07, 6.45) is 2.87. The van der Waals surface area contributed by atoms with Crippen molar-refractivity contribution >= 4 is 23.2 Å². The minimum atomic E-state index is -1.31. The minimum Gasteiger partial charge on any atom is -0.508 e. The topological polar surface area (TPSA) is 78.4 Å². The number of benzene rings is 1. The van der Waals surface area contributed by atoms with Crippen LogP contribution in [0, 0.1) is 5.95 Å². The number of thiocarbonyl (C=S) groups is 1. The van der Waals surface area contributed by atoms with E-state index < -0.39 is 11.5 Å². The van der Waals surface area contributed by atoms with E-state index in [2.05, 4.69) is 15.3 Å². The lowest BCUT2D eigenvalue weighted by atomic mass is 9.82.